The molecule has 0 aromatic heterocycles. The number of carbonyl (C=O) groups excluding carboxylic acids is 3. The molecule has 0 saturated carbocycles. The Hall–Kier alpha value is -2.63. The zero-order valence-electron chi connectivity index (χ0n) is 43.3. The van der Waals surface area contributed by atoms with Crippen molar-refractivity contribution in [3.8, 4) is 0 Å². The highest BCUT2D eigenvalue weighted by Crippen LogP contribution is 2.16. The minimum Gasteiger partial charge on any atom is -0.462 e. The van der Waals surface area contributed by atoms with E-state index in [0.29, 0.717) is 19.3 Å². The van der Waals surface area contributed by atoms with Crippen LogP contribution < -0.4 is 0 Å². The molecule has 378 valence electrons. The first-order valence-corrected chi connectivity index (χ1v) is 28.1. The van der Waals surface area contributed by atoms with E-state index in [-0.39, 0.29) is 31.1 Å². The number of hydrogen-bond acceptors (Lipinski definition) is 6. The Bertz CT molecular complexity index is 1140. The van der Waals surface area contributed by atoms with Crippen molar-refractivity contribution in [2.45, 2.75) is 297 Å². The van der Waals surface area contributed by atoms with E-state index in [1.807, 2.05) is 0 Å². The molecule has 1 atom stereocenters. The van der Waals surface area contributed by atoms with Crippen molar-refractivity contribution in [1.29, 1.82) is 0 Å². The predicted octanol–water partition coefficient (Wildman–Crippen LogP) is 18.7. The number of hydrogen-bond donors (Lipinski definition) is 0. The Morgan fingerprint density at radius 3 is 0.908 bits per heavy atom. The standard InChI is InChI=1S/C59H106O6/c1-4-7-10-13-16-19-21-23-24-25-26-27-28-29-30-31-32-33-34-36-37-40-43-46-49-52-58(61)64-55-56(54-63-57(60)51-48-45-42-39-18-15-12-9-6-3)65-59(62)53-50-47-44-41-38-35-22-20-17-14-11-8-5-2/h11,14,20-23,25-26,56H,4-10,12-13,15-19,24,27-55H2,1-3H3/b14-11-,22-20-,23-21-,26-25-. The van der Waals surface area contributed by atoms with E-state index in [1.165, 1.54) is 154 Å². The lowest BCUT2D eigenvalue weighted by Gasteiger charge is -2.18. The molecule has 0 spiro atoms. The van der Waals surface area contributed by atoms with Crippen molar-refractivity contribution in [3.05, 3.63) is 48.6 Å². The van der Waals surface area contributed by atoms with Crippen LogP contribution in [0.15, 0.2) is 48.6 Å². The molecule has 0 rings (SSSR count). The lowest BCUT2D eigenvalue weighted by Crippen LogP contribution is -2.30. The molecule has 0 radical (unpaired) electrons. The first-order valence-electron chi connectivity index (χ1n) is 28.1. The SMILES string of the molecule is CCC/C=C\C/C=C\CCCCCCCC(=O)OC(COC(=O)CCCCCCCCCCC)COC(=O)CCCCCCCCCCCCCCC/C=C\C/C=C\CCCCCCC. The summed E-state index contributed by atoms with van der Waals surface area (Å²) >= 11 is 0. The van der Waals surface area contributed by atoms with Gasteiger partial charge in [-0.2, -0.15) is 0 Å². The fraction of sp³-hybridized carbons (Fsp3) is 0.814. The quantitative estimate of drug-likeness (QED) is 0.0262. The molecule has 0 fully saturated rings. The normalized spacial score (nSPS) is 12.4. The molecule has 6 heteroatoms. The average molecular weight is 911 g/mol. The highest BCUT2D eigenvalue weighted by atomic mass is 16.6. The molecule has 0 heterocycles. The number of ether oxygens (including phenoxy) is 3. The summed E-state index contributed by atoms with van der Waals surface area (Å²) in [5.41, 5.74) is 0. The van der Waals surface area contributed by atoms with Crippen molar-refractivity contribution in [2.24, 2.45) is 0 Å². The number of esters is 3. The Labute approximate surface area is 403 Å². The molecular weight excluding hydrogens is 805 g/mol. The van der Waals surface area contributed by atoms with Crippen molar-refractivity contribution in [1.82, 2.24) is 0 Å². The van der Waals surface area contributed by atoms with Crippen molar-refractivity contribution in [3.63, 3.8) is 0 Å². The van der Waals surface area contributed by atoms with E-state index in [0.717, 1.165) is 96.3 Å². The average Bonchev–Trinajstić information content (AvgIpc) is 3.30. The first kappa shape index (κ1) is 62.4. The van der Waals surface area contributed by atoms with Crippen LogP contribution in [0.4, 0.5) is 0 Å². The van der Waals surface area contributed by atoms with Crippen LogP contribution in [-0.4, -0.2) is 37.2 Å². The lowest BCUT2D eigenvalue weighted by atomic mass is 10.0. The molecule has 1 unspecified atom stereocenters. The van der Waals surface area contributed by atoms with Gasteiger partial charge in [-0.3, -0.25) is 14.4 Å². The zero-order chi connectivity index (χ0) is 47.2. The topological polar surface area (TPSA) is 78.9 Å². The molecule has 65 heavy (non-hydrogen) atoms. The smallest absolute Gasteiger partial charge is 0.306 e. The summed E-state index contributed by atoms with van der Waals surface area (Å²) in [4.78, 5) is 37.9. The molecule has 0 N–H and O–H groups in total. The maximum absolute atomic E-state index is 12.8. The van der Waals surface area contributed by atoms with Crippen LogP contribution in [-0.2, 0) is 28.6 Å². The van der Waals surface area contributed by atoms with Gasteiger partial charge in [0.15, 0.2) is 6.10 Å². The van der Waals surface area contributed by atoms with Gasteiger partial charge in [0.25, 0.3) is 0 Å². The number of allylic oxidation sites excluding steroid dienone is 8. The summed E-state index contributed by atoms with van der Waals surface area (Å²) < 4.78 is 16.8. The Kier molecular flexibility index (Phi) is 51.8. The van der Waals surface area contributed by atoms with E-state index in [4.69, 9.17) is 14.2 Å². The van der Waals surface area contributed by atoms with Crippen molar-refractivity contribution < 1.29 is 28.6 Å². The molecule has 0 aromatic carbocycles. The molecular formula is C59H106O6. The van der Waals surface area contributed by atoms with Crippen LogP contribution in [0, 0.1) is 0 Å². The highest BCUT2D eigenvalue weighted by Gasteiger charge is 2.19. The van der Waals surface area contributed by atoms with Gasteiger partial charge >= 0.3 is 17.9 Å². The number of rotatable bonds is 51. The second kappa shape index (κ2) is 54.0. The van der Waals surface area contributed by atoms with E-state index in [9.17, 15) is 14.4 Å². The van der Waals surface area contributed by atoms with Crippen LogP contribution in [0.3, 0.4) is 0 Å². The summed E-state index contributed by atoms with van der Waals surface area (Å²) in [5, 5.41) is 0. The lowest BCUT2D eigenvalue weighted by molar-refractivity contribution is -0.167. The largest absolute Gasteiger partial charge is 0.462 e. The fourth-order valence-corrected chi connectivity index (χ4v) is 8.04. The van der Waals surface area contributed by atoms with Crippen molar-refractivity contribution >= 4 is 17.9 Å². The third kappa shape index (κ3) is 52.2. The molecule has 0 aliphatic carbocycles. The van der Waals surface area contributed by atoms with Gasteiger partial charge in [0.2, 0.25) is 0 Å². The van der Waals surface area contributed by atoms with Crippen molar-refractivity contribution in [2.75, 3.05) is 13.2 Å². The predicted molar refractivity (Wildman–Crippen MR) is 279 cm³/mol. The van der Waals surface area contributed by atoms with Gasteiger partial charge in [-0.05, 0) is 77.0 Å². The van der Waals surface area contributed by atoms with Gasteiger partial charge in [0, 0.05) is 19.3 Å². The third-order valence-electron chi connectivity index (χ3n) is 12.3. The van der Waals surface area contributed by atoms with Gasteiger partial charge in [-0.25, -0.2) is 0 Å². The van der Waals surface area contributed by atoms with E-state index in [1.54, 1.807) is 0 Å². The van der Waals surface area contributed by atoms with Gasteiger partial charge in [-0.1, -0.05) is 243 Å². The summed E-state index contributed by atoms with van der Waals surface area (Å²) in [7, 11) is 0. The molecule has 0 aromatic rings. The van der Waals surface area contributed by atoms with Gasteiger partial charge < -0.3 is 14.2 Å². The van der Waals surface area contributed by atoms with E-state index >= 15 is 0 Å². The van der Waals surface area contributed by atoms with E-state index < -0.39 is 6.10 Å². The molecule has 6 nitrogen and oxygen atoms in total. The van der Waals surface area contributed by atoms with Crippen LogP contribution in [0.1, 0.15) is 290 Å². The molecule has 0 bridgehead atoms. The Morgan fingerprint density at radius 2 is 0.585 bits per heavy atom. The van der Waals surface area contributed by atoms with Gasteiger partial charge in [-0.15, -0.1) is 0 Å². The fourth-order valence-electron chi connectivity index (χ4n) is 8.04. The van der Waals surface area contributed by atoms with Crippen LogP contribution in [0.25, 0.3) is 0 Å². The van der Waals surface area contributed by atoms with Crippen LogP contribution in [0.2, 0.25) is 0 Å². The number of unbranched alkanes of at least 4 members (excludes halogenated alkanes) is 32. The molecule has 0 saturated heterocycles. The summed E-state index contributed by atoms with van der Waals surface area (Å²) in [5.74, 6) is -0.885. The minimum absolute atomic E-state index is 0.0766. The van der Waals surface area contributed by atoms with Gasteiger partial charge in [0.1, 0.15) is 13.2 Å². The number of carbonyl (C=O) groups is 3. The van der Waals surface area contributed by atoms with Crippen LogP contribution >= 0.6 is 0 Å². The monoisotopic (exact) mass is 911 g/mol. The van der Waals surface area contributed by atoms with E-state index in [2.05, 4.69) is 69.4 Å². The maximum atomic E-state index is 12.8. The second-order valence-electron chi connectivity index (χ2n) is 18.8. The zero-order valence-corrected chi connectivity index (χ0v) is 43.3. The minimum atomic E-state index is -0.776. The first-order chi connectivity index (χ1) is 32.0. The highest BCUT2D eigenvalue weighted by molar-refractivity contribution is 5.71. The third-order valence-corrected chi connectivity index (χ3v) is 12.3. The van der Waals surface area contributed by atoms with Gasteiger partial charge in [0.05, 0.1) is 0 Å². The Morgan fingerprint density at radius 1 is 0.308 bits per heavy atom. The maximum Gasteiger partial charge on any atom is 0.306 e. The molecule has 0 aliphatic heterocycles. The second-order valence-corrected chi connectivity index (χ2v) is 18.8. The molecule has 0 amide bonds. The Balaban J connectivity index is 4.17. The summed E-state index contributed by atoms with van der Waals surface area (Å²) in [6, 6.07) is 0. The van der Waals surface area contributed by atoms with Crippen LogP contribution in [0.5, 0.6) is 0 Å². The summed E-state index contributed by atoms with van der Waals surface area (Å²) in [6.45, 7) is 6.55. The summed E-state index contributed by atoms with van der Waals surface area (Å²) in [6.07, 6.45) is 65.4. The molecule has 0 aliphatic rings.